The quantitative estimate of drug-likeness (QED) is 0.451. The Kier molecular flexibility index (Phi) is 7.08. The molecule has 0 aliphatic heterocycles. The first-order chi connectivity index (χ1) is 4.41. The van der Waals surface area contributed by atoms with Gasteiger partial charge in [-0.3, -0.25) is 10.3 Å². The van der Waals surface area contributed by atoms with Gasteiger partial charge in [0.05, 0.1) is 7.11 Å². The van der Waals surface area contributed by atoms with Crippen LogP contribution in [0.2, 0.25) is 0 Å². The number of hydrogen-bond acceptors (Lipinski definition) is 2. The molecule has 0 heterocycles. The summed E-state index contributed by atoms with van der Waals surface area (Å²) >= 11 is 0. The van der Waals surface area contributed by atoms with Crippen molar-refractivity contribution in [3.8, 4) is 0 Å². The van der Waals surface area contributed by atoms with Gasteiger partial charge in [0, 0.05) is 6.20 Å². The zero-order chi connectivity index (χ0) is 6.95. The molecule has 0 amide bonds. The largest absolute Gasteiger partial charge is 0.280 e. The second-order valence-corrected chi connectivity index (χ2v) is 1.87. The Labute approximate surface area is 56.9 Å². The second kappa shape index (κ2) is 7.50. The van der Waals surface area contributed by atoms with Gasteiger partial charge in [-0.05, 0) is 6.42 Å². The molecule has 54 valence electrons. The van der Waals surface area contributed by atoms with E-state index in [1.54, 1.807) is 7.11 Å². The number of unbranched alkanes of at least 4 members (excludes halogenated alkanes) is 2. The maximum atomic E-state index is 4.59. The van der Waals surface area contributed by atoms with Gasteiger partial charge in [-0.1, -0.05) is 25.8 Å². The van der Waals surface area contributed by atoms with Crippen molar-refractivity contribution in [1.82, 2.24) is 5.48 Å². The van der Waals surface area contributed by atoms with Gasteiger partial charge in [0.25, 0.3) is 0 Å². The van der Waals surface area contributed by atoms with Crippen LogP contribution in [0.1, 0.15) is 26.2 Å². The van der Waals surface area contributed by atoms with E-state index in [2.05, 4.69) is 23.3 Å². The third kappa shape index (κ3) is 7.50. The Bertz CT molecular complexity index is 71.3. The van der Waals surface area contributed by atoms with Crippen LogP contribution in [0.15, 0.2) is 12.3 Å². The molecule has 0 fully saturated rings. The van der Waals surface area contributed by atoms with Crippen molar-refractivity contribution in [2.45, 2.75) is 26.2 Å². The van der Waals surface area contributed by atoms with Crippen molar-refractivity contribution in [1.29, 1.82) is 0 Å². The molecule has 0 atom stereocenters. The van der Waals surface area contributed by atoms with E-state index in [0.29, 0.717) is 0 Å². The van der Waals surface area contributed by atoms with Gasteiger partial charge in [-0.25, -0.2) is 0 Å². The highest BCUT2D eigenvalue weighted by Gasteiger charge is 1.75. The average molecular weight is 129 g/mol. The standard InChI is InChI=1S/C7H15NO/c1-3-4-5-6-7-8-9-2/h6-8H,3-5H2,1-2H3/b7-6-. The van der Waals surface area contributed by atoms with Crippen LogP contribution in [0.25, 0.3) is 0 Å². The Morgan fingerprint density at radius 2 is 2.33 bits per heavy atom. The molecule has 0 saturated carbocycles. The zero-order valence-corrected chi connectivity index (χ0v) is 6.18. The smallest absolute Gasteiger partial charge is 0.0636 e. The number of hydroxylamine groups is 1. The van der Waals surface area contributed by atoms with Gasteiger partial charge in [0.1, 0.15) is 0 Å². The van der Waals surface area contributed by atoms with Crippen molar-refractivity contribution >= 4 is 0 Å². The lowest BCUT2D eigenvalue weighted by molar-refractivity contribution is 0.128. The molecule has 0 aromatic rings. The first kappa shape index (κ1) is 8.50. The summed E-state index contributed by atoms with van der Waals surface area (Å²) in [6.45, 7) is 2.18. The minimum absolute atomic E-state index is 1.13. The number of hydrogen-bond donors (Lipinski definition) is 1. The maximum absolute atomic E-state index is 4.59. The van der Waals surface area contributed by atoms with Crippen molar-refractivity contribution < 1.29 is 4.84 Å². The molecule has 2 heteroatoms. The topological polar surface area (TPSA) is 21.3 Å². The molecular formula is C7H15NO. The number of allylic oxidation sites excluding steroid dienone is 1. The molecule has 0 aliphatic rings. The molecule has 1 N–H and O–H groups in total. The predicted molar refractivity (Wildman–Crippen MR) is 38.8 cm³/mol. The Morgan fingerprint density at radius 1 is 1.56 bits per heavy atom. The normalized spacial score (nSPS) is 10.4. The van der Waals surface area contributed by atoms with Crippen LogP contribution in [0.3, 0.4) is 0 Å². The van der Waals surface area contributed by atoms with E-state index in [1.165, 1.54) is 12.8 Å². The van der Waals surface area contributed by atoms with Crippen LogP contribution >= 0.6 is 0 Å². The van der Waals surface area contributed by atoms with Crippen molar-refractivity contribution in [2.24, 2.45) is 0 Å². The molecule has 0 aliphatic carbocycles. The average Bonchev–Trinajstić information content (AvgIpc) is 1.89. The van der Waals surface area contributed by atoms with Crippen LogP contribution < -0.4 is 5.48 Å². The molecule has 0 aromatic carbocycles. The van der Waals surface area contributed by atoms with Gasteiger partial charge in [0.2, 0.25) is 0 Å². The lowest BCUT2D eigenvalue weighted by Crippen LogP contribution is -1.99. The number of rotatable bonds is 5. The lowest BCUT2D eigenvalue weighted by Gasteiger charge is -1.91. The molecule has 0 unspecified atom stereocenters. The summed E-state index contributed by atoms with van der Waals surface area (Å²) in [5.74, 6) is 0. The minimum atomic E-state index is 1.13. The highest BCUT2D eigenvalue weighted by Crippen LogP contribution is 1.93. The van der Waals surface area contributed by atoms with E-state index in [-0.39, 0.29) is 0 Å². The van der Waals surface area contributed by atoms with Crippen molar-refractivity contribution in [3.05, 3.63) is 12.3 Å². The van der Waals surface area contributed by atoms with E-state index in [1.807, 2.05) is 6.20 Å². The summed E-state index contributed by atoms with van der Waals surface area (Å²) in [4.78, 5) is 4.59. The molecule has 0 aromatic heterocycles. The van der Waals surface area contributed by atoms with Gasteiger partial charge in [-0.15, -0.1) is 0 Å². The summed E-state index contributed by atoms with van der Waals surface area (Å²) in [7, 11) is 1.60. The summed E-state index contributed by atoms with van der Waals surface area (Å²) in [6, 6.07) is 0. The van der Waals surface area contributed by atoms with E-state index < -0.39 is 0 Å². The number of nitrogens with one attached hydrogen (secondary N) is 1. The zero-order valence-electron chi connectivity index (χ0n) is 6.18. The highest BCUT2D eigenvalue weighted by molar-refractivity contribution is 4.75. The van der Waals surface area contributed by atoms with E-state index in [4.69, 9.17) is 0 Å². The molecule has 0 bridgehead atoms. The van der Waals surface area contributed by atoms with E-state index in [0.717, 1.165) is 6.42 Å². The monoisotopic (exact) mass is 129 g/mol. The third-order valence-corrected chi connectivity index (χ3v) is 1.03. The van der Waals surface area contributed by atoms with Crippen LogP contribution in [-0.4, -0.2) is 7.11 Å². The van der Waals surface area contributed by atoms with Crippen LogP contribution in [0, 0.1) is 0 Å². The first-order valence-corrected chi connectivity index (χ1v) is 3.35. The maximum Gasteiger partial charge on any atom is 0.0636 e. The van der Waals surface area contributed by atoms with Crippen molar-refractivity contribution in [3.63, 3.8) is 0 Å². The lowest BCUT2D eigenvalue weighted by atomic mass is 10.2. The second-order valence-electron chi connectivity index (χ2n) is 1.87. The van der Waals surface area contributed by atoms with Crippen LogP contribution in [0.4, 0.5) is 0 Å². The molecule has 2 nitrogen and oxygen atoms in total. The van der Waals surface area contributed by atoms with Gasteiger partial charge < -0.3 is 0 Å². The molecular weight excluding hydrogens is 114 g/mol. The fourth-order valence-electron chi connectivity index (χ4n) is 0.521. The van der Waals surface area contributed by atoms with Gasteiger partial charge in [-0.2, -0.15) is 0 Å². The van der Waals surface area contributed by atoms with Crippen LogP contribution in [-0.2, 0) is 4.84 Å². The summed E-state index contributed by atoms with van der Waals surface area (Å²) in [5.41, 5.74) is 2.63. The molecule has 0 saturated heterocycles. The summed E-state index contributed by atoms with van der Waals surface area (Å²) in [6.07, 6.45) is 7.51. The Balaban J connectivity index is 2.86. The molecule has 0 rings (SSSR count). The third-order valence-electron chi connectivity index (χ3n) is 1.03. The molecule has 9 heavy (non-hydrogen) atoms. The molecule has 0 spiro atoms. The Morgan fingerprint density at radius 3 is 2.89 bits per heavy atom. The minimum Gasteiger partial charge on any atom is -0.280 e. The van der Waals surface area contributed by atoms with Crippen LogP contribution in [0.5, 0.6) is 0 Å². The van der Waals surface area contributed by atoms with E-state index in [9.17, 15) is 0 Å². The summed E-state index contributed by atoms with van der Waals surface area (Å²) < 4.78 is 0. The fraction of sp³-hybridized carbons (Fsp3) is 0.714. The van der Waals surface area contributed by atoms with E-state index >= 15 is 0 Å². The first-order valence-electron chi connectivity index (χ1n) is 3.35. The highest BCUT2D eigenvalue weighted by atomic mass is 16.6. The predicted octanol–water partition coefficient (Wildman–Crippen LogP) is 1.84. The van der Waals surface area contributed by atoms with Gasteiger partial charge in [0.15, 0.2) is 0 Å². The molecule has 0 radical (unpaired) electrons. The SMILES string of the molecule is CCCC/C=C\NOC. The van der Waals surface area contributed by atoms with Gasteiger partial charge >= 0.3 is 0 Å². The van der Waals surface area contributed by atoms with Crippen molar-refractivity contribution in [2.75, 3.05) is 7.11 Å². The fourth-order valence-corrected chi connectivity index (χ4v) is 0.521. The summed E-state index contributed by atoms with van der Waals surface area (Å²) in [5, 5.41) is 0. The Hall–Kier alpha value is -0.500.